The summed E-state index contributed by atoms with van der Waals surface area (Å²) in [6.45, 7) is 0. The molecule has 3 rings (SSSR count). The predicted molar refractivity (Wildman–Crippen MR) is 91.2 cm³/mol. The Morgan fingerprint density at radius 3 is 2.50 bits per heavy atom. The summed E-state index contributed by atoms with van der Waals surface area (Å²) >= 11 is 6.05. The van der Waals surface area contributed by atoms with Crippen molar-refractivity contribution in [1.29, 1.82) is 0 Å². The molecule has 1 fully saturated rings. The van der Waals surface area contributed by atoms with Gasteiger partial charge in [-0.2, -0.15) is 0 Å². The SMILES string of the molecule is COc1cc(NC(=O)c2cnc(NC3CC3)cn2)c(OC)cc1Cl. The molecular weight excluding hydrogens is 332 g/mol. The predicted octanol–water partition coefficient (Wildman–Crippen LogP) is 2.97. The molecule has 0 radical (unpaired) electrons. The van der Waals surface area contributed by atoms with Gasteiger partial charge in [-0.15, -0.1) is 0 Å². The van der Waals surface area contributed by atoms with Crippen LogP contribution in [0.4, 0.5) is 11.5 Å². The van der Waals surface area contributed by atoms with E-state index in [-0.39, 0.29) is 5.69 Å². The van der Waals surface area contributed by atoms with Gasteiger partial charge in [0.05, 0.1) is 37.3 Å². The number of anilines is 2. The molecule has 1 saturated carbocycles. The summed E-state index contributed by atoms with van der Waals surface area (Å²) in [5.74, 6) is 1.12. The van der Waals surface area contributed by atoms with E-state index in [4.69, 9.17) is 21.1 Å². The number of methoxy groups -OCH3 is 2. The molecule has 0 atom stereocenters. The molecule has 2 N–H and O–H groups in total. The molecule has 7 nitrogen and oxygen atoms in total. The van der Waals surface area contributed by atoms with E-state index < -0.39 is 5.91 Å². The fraction of sp³-hybridized carbons (Fsp3) is 0.312. The van der Waals surface area contributed by atoms with Gasteiger partial charge in [-0.1, -0.05) is 11.6 Å². The molecule has 1 aromatic carbocycles. The standard InChI is InChI=1S/C16H17ClN4O3/c1-23-13-6-11(14(24-2)5-10(13)17)21-16(22)12-7-19-15(8-18-12)20-9-3-4-9/h5-9H,3-4H2,1-2H3,(H,19,20)(H,21,22). The topological polar surface area (TPSA) is 85.4 Å². The van der Waals surface area contributed by atoms with Gasteiger partial charge < -0.3 is 20.1 Å². The van der Waals surface area contributed by atoms with E-state index in [2.05, 4.69) is 20.6 Å². The van der Waals surface area contributed by atoms with Crippen molar-refractivity contribution in [3.8, 4) is 11.5 Å². The van der Waals surface area contributed by atoms with Crippen LogP contribution >= 0.6 is 11.6 Å². The number of halogens is 1. The van der Waals surface area contributed by atoms with Gasteiger partial charge in [-0.25, -0.2) is 9.97 Å². The van der Waals surface area contributed by atoms with Crippen molar-refractivity contribution in [2.75, 3.05) is 24.9 Å². The molecule has 0 saturated heterocycles. The maximum atomic E-state index is 12.3. The van der Waals surface area contributed by atoms with Crippen molar-refractivity contribution < 1.29 is 14.3 Å². The van der Waals surface area contributed by atoms with E-state index in [1.165, 1.54) is 20.4 Å². The average Bonchev–Trinajstić information content (AvgIpc) is 3.40. The van der Waals surface area contributed by atoms with Crippen molar-refractivity contribution in [1.82, 2.24) is 9.97 Å². The van der Waals surface area contributed by atoms with Crippen molar-refractivity contribution in [2.24, 2.45) is 0 Å². The van der Waals surface area contributed by atoms with Crippen molar-refractivity contribution >= 4 is 29.0 Å². The van der Waals surface area contributed by atoms with Gasteiger partial charge in [-0.05, 0) is 12.8 Å². The summed E-state index contributed by atoms with van der Waals surface area (Å²) in [4.78, 5) is 20.7. The molecule has 0 unspecified atom stereocenters. The highest BCUT2D eigenvalue weighted by atomic mass is 35.5. The zero-order chi connectivity index (χ0) is 17.1. The van der Waals surface area contributed by atoms with Gasteiger partial charge in [0.1, 0.15) is 23.0 Å². The second-order valence-electron chi connectivity index (χ2n) is 5.35. The first-order valence-corrected chi connectivity index (χ1v) is 7.80. The normalized spacial score (nSPS) is 13.3. The van der Waals surface area contributed by atoms with Crippen LogP contribution in [0.15, 0.2) is 24.5 Å². The zero-order valence-corrected chi connectivity index (χ0v) is 14.1. The quantitative estimate of drug-likeness (QED) is 0.834. The van der Waals surface area contributed by atoms with Crippen LogP contribution in [-0.2, 0) is 0 Å². The van der Waals surface area contributed by atoms with Crippen molar-refractivity contribution in [2.45, 2.75) is 18.9 Å². The van der Waals surface area contributed by atoms with E-state index in [0.29, 0.717) is 34.1 Å². The van der Waals surface area contributed by atoms with E-state index >= 15 is 0 Å². The second-order valence-corrected chi connectivity index (χ2v) is 5.75. The number of hydrogen-bond donors (Lipinski definition) is 2. The molecule has 1 aromatic heterocycles. The number of amides is 1. The highest BCUT2D eigenvalue weighted by Crippen LogP contribution is 2.36. The summed E-state index contributed by atoms with van der Waals surface area (Å²) in [7, 11) is 2.99. The summed E-state index contributed by atoms with van der Waals surface area (Å²) in [5.41, 5.74) is 0.637. The maximum absolute atomic E-state index is 12.3. The smallest absolute Gasteiger partial charge is 0.275 e. The van der Waals surface area contributed by atoms with Crippen molar-refractivity contribution in [3.05, 3.63) is 35.2 Å². The van der Waals surface area contributed by atoms with Crippen LogP contribution in [0.3, 0.4) is 0 Å². The van der Waals surface area contributed by atoms with Gasteiger partial charge >= 0.3 is 0 Å². The van der Waals surface area contributed by atoms with E-state index in [1.54, 1.807) is 18.3 Å². The third-order valence-electron chi connectivity index (χ3n) is 3.54. The van der Waals surface area contributed by atoms with Crippen LogP contribution < -0.4 is 20.1 Å². The largest absolute Gasteiger partial charge is 0.495 e. The number of nitrogens with one attached hydrogen (secondary N) is 2. The Balaban J connectivity index is 1.76. The van der Waals surface area contributed by atoms with Gasteiger partial charge in [0.15, 0.2) is 0 Å². The maximum Gasteiger partial charge on any atom is 0.275 e. The van der Waals surface area contributed by atoms with Crippen LogP contribution in [0.1, 0.15) is 23.3 Å². The Morgan fingerprint density at radius 2 is 1.92 bits per heavy atom. The molecule has 24 heavy (non-hydrogen) atoms. The highest BCUT2D eigenvalue weighted by Gasteiger charge is 2.21. The molecule has 1 aliphatic rings. The first-order chi connectivity index (χ1) is 11.6. The molecule has 0 spiro atoms. The Kier molecular flexibility index (Phi) is 4.71. The van der Waals surface area contributed by atoms with Gasteiger partial charge in [0.2, 0.25) is 0 Å². The lowest BCUT2D eigenvalue weighted by molar-refractivity contribution is 0.102. The number of rotatable bonds is 6. The number of ether oxygens (including phenoxy) is 2. The van der Waals surface area contributed by atoms with Crippen LogP contribution in [-0.4, -0.2) is 36.1 Å². The number of carbonyl (C=O) groups excluding carboxylic acids is 1. The minimum Gasteiger partial charge on any atom is -0.495 e. The Labute approximate surface area is 144 Å². The minimum absolute atomic E-state index is 0.201. The van der Waals surface area contributed by atoms with Gasteiger partial charge in [0, 0.05) is 18.2 Å². The third kappa shape index (κ3) is 3.68. The van der Waals surface area contributed by atoms with E-state index in [9.17, 15) is 4.79 Å². The summed E-state index contributed by atoms with van der Waals surface area (Å²) in [6, 6.07) is 3.64. The molecular formula is C16H17ClN4O3. The number of hydrogen-bond acceptors (Lipinski definition) is 6. The highest BCUT2D eigenvalue weighted by molar-refractivity contribution is 6.32. The van der Waals surface area contributed by atoms with Crippen molar-refractivity contribution in [3.63, 3.8) is 0 Å². The van der Waals surface area contributed by atoms with Gasteiger partial charge in [-0.3, -0.25) is 4.79 Å². The molecule has 1 amide bonds. The van der Waals surface area contributed by atoms with Crippen LogP contribution in [0, 0.1) is 0 Å². The Bertz CT molecular complexity index is 748. The monoisotopic (exact) mass is 348 g/mol. The molecule has 1 heterocycles. The Hall–Kier alpha value is -2.54. The Morgan fingerprint density at radius 1 is 1.17 bits per heavy atom. The number of benzene rings is 1. The first-order valence-electron chi connectivity index (χ1n) is 7.42. The van der Waals surface area contributed by atoms with Crippen LogP contribution in [0.25, 0.3) is 0 Å². The zero-order valence-electron chi connectivity index (χ0n) is 13.3. The third-order valence-corrected chi connectivity index (χ3v) is 3.83. The first kappa shape index (κ1) is 16.3. The lowest BCUT2D eigenvalue weighted by Gasteiger charge is -2.13. The molecule has 126 valence electrons. The van der Waals surface area contributed by atoms with E-state index in [0.717, 1.165) is 12.8 Å². The lowest BCUT2D eigenvalue weighted by atomic mass is 10.2. The van der Waals surface area contributed by atoms with E-state index in [1.807, 2.05) is 0 Å². The molecule has 0 bridgehead atoms. The number of nitrogens with zero attached hydrogens (tertiary/aromatic N) is 2. The second kappa shape index (κ2) is 6.92. The van der Waals surface area contributed by atoms with Crippen LogP contribution in [0.5, 0.6) is 11.5 Å². The fourth-order valence-corrected chi connectivity index (χ4v) is 2.33. The lowest BCUT2D eigenvalue weighted by Crippen LogP contribution is -2.15. The molecule has 0 aliphatic heterocycles. The van der Waals surface area contributed by atoms with Gasteiger partial charge in [0.25, 0.3) is 5.91 Å². The summed E-state index contributed by atoms with van der Waals surface area (Å²) in [5, 5.41) is 6.33. The summed E-state index contributed by atoms with van der Waals surface area (Å²) < 4.78 is 10.4. The average molecular weight is 349 g/mol. The number of aromatic nitrogens is 2. The van der Waals surface area contributed by atoms with Crippen LogP contribution in [0.2, 0.25) is 5.02 Å². The fourth-order valence-electron chi connectivity index (χ4n) is 2.10. The number of carbonyl (C=O) groups is 1. The molecule has 2 aromatic rings. The molecule has 8 heteroatoms. The minimum atomic E-state index is -0.400. The molecule has 1 aliphatic carbocycles. The summed E-state index contributed by atoms with van der Waals surface area (Å²) in [6.07, 6.45) is 5.26.